The average Bonchev–Trinajstić information content (AvgIpc) is 2.81. The molecule has 0 saturated carbocycles. The van der Waals surface area contributed by atoms with Gasteiger partial charge in [0.2, 0.25) is 0 Å². The molecule has 4 rings (SSSR count). The Hall–Kier alpha value is -3.81. The van der Waals surface area contributed by atoms with Gasteiger partial charge in [-0.05, 0) is 47.5 Å². The van der Waals surface area contributed by atoms with Crippen molar-refractivity contribution in [1.29, 1.82) is 5.26 Å². The van der Waals surface area contributed by atoms with E-state index in [0.717, 1.165) is 26.6 Å². The highest BCUT2D eigenvalue weighted by atomic mass is 32.2. The Labute approximate surface area is 180 Å². The number of hydrogen-bond donors (Lipinski definition) is 1. The molecule has 1 N–H and O–H groups in total. The quantitative estimate of drug-likeness (QED) is 0.405. The SMILES string of the molecule is N#Cc1ccccc1Sc1ccccc1C(=O)Nc1ccc(-c2ccccc2)cc1. The highest BCUT2D eigenvalue weighted by Gasteiger charge is 2.14. The fourth-order valence-electron chi connectivity index (χ4n) is 3.08. The lowest BCUT2D eigenvalue weighted by atomic mass is 10.1. The van der Waals surface area contributed by atoms with Crippen molar-refractivity contribution in [2.24, 2.45) is 0 Å². The van der Waals surface area contributed by atoms with Crippen LogP contribution in [0.3, 0.4) is 0 Å². The van der Waals surface area contributed by atoms with Gasteiger partial charge >= 0.3 is 0 Å². The van der Waals surface area contributed by atoms with Gasteiger partial charge in [0, 0.05) is 15.5 Å². The summed E-state index contributed by atoms with van der Waals surface area (Å²) in [5.41, 5.74) is 4.12. The number of carbonyl (C=O) groups excluding carboxylic acids is 1. The third-order valence-electron chi connectivity index (χ3n) is 4.61. The van der Waals surface area contributed by atoms with Crippen molar-refractivity contribution in [2.75, 3.05) is 5.32 Å². The largest absolute Gasteiger partial charge is 0.322 e. The van der Waals surface area contributed by atoms with E-state index >= 15 is 0 Å². The van der Waals surface area contributed by atoms with E-state index in [0.29, 0.717) is 11.1 Å². The monoisotopic (exact) mass is 406 g/mol. The Morgan fingerprint density at radius 2 is 1.30 bits per heavy atom. The maximum atomic E-state index is 12.9. The number of benzene rings is 4. The van der Waals surface area contributed by atoms with Gasteiger partial charge in [0.05, 0.1) is 11.1 Å². The van der Waals surface area contributed by atoms with Crippen LogP contribution in [0.2, 0.25) is 0 Å². The van der Waals surface area contributed by atoms with Gasteiger partial charge in [-0.3, -0.25) is 4.79 Å². The van der Waals surface area contributed by atoms with E-state index in [-0.39, 0.29) is 5.91 Å². The molecule has 0 unspecified atom stereocenters. The summed E-state index contributed by atoms with van der Waals surface area (Å²) in [5, 5.41) is 12.3. The number of amides is 1. The smallest absolute Gasteiger partial charge is 0.256 e. The predicted octanol–water partition coefficient (Wildman–Crippen LogP) is 6.63. The van der Waals surface area contributed by atoms with Crippen LogP contribution >= 0.6 is 11.8 Å². The molecule has 0 heterocycles. The van der Waals surface area contributed by atoms with Crippen LogP contribution in [0.15, 0.2) is 113 Å². The zero-order valence-electron chi connectivity index (χ0n) is 16.1. The van der Waals surface area contributed by atoms with Crippen LogP contribution in [0.25, 0.3) is 11.1 Å². The first-order valence-electron chi connectivity index (χ1n) is 9.47. The molecule has 0 radical (unpaired) electrons. The molecule has 30 heavy (non-hydrogen) atoms. The Kier molecular flexibility index (Phi) is 5.93. The van der Waals surface area contributed by atoms with Crippen LogP contribution in [0, 0.1) is 11.3 Å². The first kappa shape index (κ1) is 19.5. The Balaban J connectivity index is 1.54. The first-order valence-corrected chi connectivity index (χ1v) is 10.3. The lowest BCUT2D eigenvalue weighted by molar-refractivity contribution is 0.102. The molecule has 0 aliphatic rings. The average molecular weight is 407 g/mol. The van der Waals surface area contributed by atoms with E-state index in [1.54, 1.807) is 12.1 Å². The van der Waals surface area contributed by atoms with E-state index < -0.39 is 0 Å². The van der Waals surface area contributed by atoms with Crippen molar-refractivity contribution in [3.05, 3.63) is 114 Å². The van der Waals surface area contributed by atoms with Gasteiger partial charge in [-0.1, -0.05) is 78.5 Å². The van der Waals surface area contributed by atoms with Crippen molar-refractivity contribution in [3.63, 3.8) is 0 Å². The lowest BCUT2D eigenvalue weighted by Crippen LogP contribution is -2.12. The summed E-state index contributed by atoms with van der Waals surface area (Å²) in [6.45, 7) is 0. The van der Waals surface area contributed by atoms with E-state index in [1.165, 1.54) is 11.8 Å². The van der Waals surface area contributed by atoms with Gasteiger partial charge in [0.25, 0.3) is 5.91 Å². The Morgan fingerprint density at radius 1 is 0.700 bits per heavy atom. The fourth-order valence-corrected chi connectivity index (χ4v) is 4.11. The summed E-state index contributed by atoms with van der Waals surface area (Å²) >= 11 is 1.42. The maximum Gasteiger partial charge on any atom is 0.256 e. The number of nitrogens with zero attached hydrogens (tertiary/aromatic N) is 1. The molecular formula is C26H18N2OS. The Morgan fingerprint density at radius 3 is 2.03 bits per heavy atom. The molecule has 0 bridgehead atoms. The number of anilines is 1. The molecule has 0 aromatic heterocycles. The van der Waals surface area contributed by atoms with E-state index in [2.05, 4.69) is 23.5 Å². The second kappa shape index (κ2) is 9.13. The fraction of sp³-hybridized carbons (Fsp3) is 0. The molecule has 4 aromatic rings. The molecule has 0 spiro atoms. The van der Waals surface area contributed by atoms with Gasteiger partial charge < -0.3 is 5.32 Å². The number of hydrogen-bond acceptors (Lipinski definition) is 3. The van der Waals surface area contributed by atoms with Crippen molar-refractivity contribution in [2.45, 2.75) is 9.79 Å². The standard InChI is InChI=1S/C26H18N2OS/c27-18-21-10-4-6-12-24(21)30-25-13-7-5-11-23(25)26(29)28-22-16-14-20(15-17-22)19-8-2-1-3-9-19/h1-17H,(H,28,29). The maximum absolute atomic E-state index is 12.9. The van der Waals surface area contributed by atoms with Crippen LogP contribution in [-0.2, 0) is 0 Å². The number of nitriles is 1. The van der Waals surface area contributed by atoms with Gasteiger partial charge in [-0.2, -0.15) is 5.26 Å². The molecule has 4 heteroatoms. The van der Waals surface area contributed by atoms with Gasteiger partial charge in [0.1, 0.15) is 6.07 Å². The molecule has 0 saturated heterocycles. The molecule has 144 valence electrons. The molecule has 4 aromatic carbocycles. The zero-order valence-corrected chi connectivity index (χ0v) is 16.9. The molecule has 3 nitrogen and oxygen atoms in total. The summed E-state index contributed by atoms with van der Waals surface area (Å²) in [7, 11) is 0. The lowest BCUT2D eigenvalue weighted by Gasteiger charge is -2.11. The van der Waals surface area contributed by atoms with Crippen molar-refractivity contribution in [1.82, 2.24) is 0 Å². The third kappa shape index (κ3) is 4.43. The van der Waals surface area contributed by atoms with Gasteiger partial charge in [-0.15, -0.1) is 0 Å². The summed E-state index contributed by atoms with van der Waals surface area (Å²) < 4.78 is 0. The first-order chi connectivity index (χ1) is 14.7. The van der Waals surface area contributed by atoms with Crippen molar-refractivity contribution < 1.29 is 4.79 Å². The van der Waals surface area contributed by atoms with Crippen molar-refractivity contribution >= 4 is 23.4 Å². The normalized spacial score (nSPS) is 10.2. The summed E-state index contributed by atoms with van der Waals surface area (Å²) in [5.74, 6) is -0.181. The minimum absolute atomic E-state index is 0.181. The predicted molar refractivity (Wildman–Crippen MR) is 122 cm³/mol. The molecule has 0 fully saturated rings. The zero-order chi connectivity index (χ0) is 20.8. The van der Waals surface area contributed by atoms with Crippen molar-refractivity contribution in [3.8, 4) is 17.2 Å². The molecule has 1 amide bonds. The summed E-state index contributed by atoms with van der Waals surface area (Å²) in [6, 6.07) is 34.9. The topological polar surface area (TPSA) is 52.9 Å². The highest BCUT2D eigenvalue weighted by Crippen LogP contribution is 2.33. The van der Waals surface area contributed by atoms with E-state index in [9.17, 15) is 10.1 Å². The second-order valence-electron chi connectivity index (χ2n) is 6.60. The third-order valence-corrected chi connectivity index (χ3v) is 5.76. The van der Waals surface area contributed by atoms with Crippen LogP contribution in [0.1, 0.15) is 15.9 Å². The van der Waals surface area contributed by atoms with Crippen LogP contribution in [-0.4, -0.2) is 5.91 Å². The van der Waals surface area contributed by atoms with Crippen LogP contribution < -0.4 is 5.32 Å². The van der Waals surface area contributed by atoms with Crippen LogP contribution in [0.4, 0.5) is 5.69 Å². The van der Waals surface area contributed by atoms with E-state index in [4.69, 9.17) is 0 Å². The number of carbonyl (C=O) groups is 1. The highest BCUT2D eigenvalue weighted by molar-refractivity contribution is 7.99. The summed E-state index contributed by atoms with van der Waals surface area (Å²) in [4.78, 5) is 14.6. The molecule has 0 aliphatic heterocycles. The second-order valence-corrected chi connectivity index (χ2v) is 7.69. The molecular weight excluding hydrogens is 388 g/mol. The molecule has 0 atom stereocenters. The van der Waals surface area contributed by atoms with Gasteiger partial charge in [-0.25, -0.2) is 0 Å². The van der Waals surface area contributed by atoms with Crippen LogP contribution in [0.5, 0.6) is 0 Å². The Bertz CT molecular complexity index is 1210. The summed E-state index contributed by atoms with van der Waals surface area (Å²) in [6.07, 6.45) is 0. The molecule has 0 aliphatic carbocycles. The van der Waals surface area contributed by atoms with Gasteiger partial charge in [0.15, 0.2) is 0 Å². The minimum atomic E-state index is -0.181. The number of nitrogens with one attached hydrogen (secondary N) is 1. The van der Waals surface area contributed by atoms with E-state index in [1.807, 2.05) is 78.9 Å². The number of rotatable bonds is 5. The minimum Gasteiger partial charge on any atom is -0.322 e.